The molecule has 0 aromatic carbocycles. The molecule has 0 N–H and O–H groups in total. The molecule has 3 fully saturated rings. The second kappa shape index (κ2) is 17.9. The first-order chi connectivity index (χ1) is 24.3. The fourth-order valence-electron chi connectivity index (χ4n) is 10.5. The Morgan fingerprint density at radius 3 is 1.07 bits per heavy atom. The van der Waals surface area contributed by atoms with Crippen LogP contribution in [0.5, 0.6) is 0 Å². The highest BCUT2D eigenvalue weighted by atomic mass is 16.7. The van der Waals surface area contributed by atoms with Crippen molar-refractivity contribution in [3.8, 4) is 0 Å². The summed E-state index contributed by atoms with van der Waals surface area (Å²) in [6.07, 6.45) is 9.89. The zero-order valence-corrected chi connectivity index (χ0v) is 40.1. The maximum absolute atomic E-state index is 6.82. The normalized spacial score (nSPS) is 31.1. The van der Waals surface area contributed by atoms with E-state index in [4.69, 9.17) is 14.5 Å². The van der Waals surface area contributed by atoms with Gasteiger partial charge in [0.2, 0.25) is 0 Å². The number of hydrogen-bond acceptors (Lipinski definition) is 6. The number of rotatable bonds is 14. The number of hydroxylamine groups is 6. The van der Waals surface area contributed by atoms with Gasteiger partial charge in [-0.2, -0.15) is 15.2 Å². The van der Waals surface area contributed by atoms with E-state index in [1.54, 1.807) is 0 Å². The third-order valence-corrected chi connectivity index (χ3v) is 13.0. The molecule has 0 amide bonds. The number of hydrogen-bond donors (Lipinski definition) is 0. The summed E-state index contributed by atoms with van der Waals surface area (Å²) in [6.45, 7) is 52.2. The maximum Gasteiger partial charge on any atom is 0.0733 e. The van der Waals surface area contributed by atoms with E-state index in [1.807, 2.05) is 0 Å². The summed E-state index contributed by atoms with van der Waals surface area (Å²) in [4.78, 5) is 20.4. The van der Waals surface area contributed by atoms with Gasteiger partial charge < -0.3 is 0 Å². The third kappa shape index (κ3) is 13.4. The van der Waals surface area contributed by atoms with E-state index in [1.165, 1.54) is 51.4 Å². The van der Waals surface area contributed by atoms with E-state index in [-0.39, 0.29) is 32.9 Å². The zero-order valence-electron chi connectivity index (χ0n) is 40.1. The predicted molar refractivity (Wildman–Crippen MR) is 231 cm³/mol. The van der Waals surface area contributed by atoms with E-state index in [0.29, 0.717) is 59.6 Å². The minimum absolute atomic E-state index is 0.0134. The average Bonchev–Trinajstić information content (AvgIpc) is 2.95. The van der Waals surface area contributed by atoms with Crippen molar-refractivity contribution >= 4 is 0 Å². The van der Waals surface area contributed by atoms with Crippen molar-refractivity contribution in [3.05, 3.63) is 0 Å². The van der Waals surface area contributed by atoms with Crippen LogP contribution in [0.25, 0.3) is 0 Å². The van der Waals surface area contributed by atoms with Crippen LogP contribution in [0, 0.1) is 57.7 Å². The first kappa shape index (κ1) is 48.1. The second-order valence-electron chi connectivity index (χ2n) is 25.3. The van der Waals surface area contributed by atoms with Crippen molar-refractivity contribution in [1.82, 2.24) is 15.2 Å². The highest BCUT2D eigenvalue weighted by molar-refractivity contribution is 5.01. The highest BCUT2D eigenvalue weighted by Gasteiger charge is 2.51. The van der Waals surface area contributed by atoms with E-state index in [2.05, 4.69) is 161 Å². The fraction of sp³-hybridized carbons (Fsp3) is 1.00. The van der Waals surface area contributed by atoms with E-state index < -0.39 is 0 Å². The molecule has 0 spiro atoms. The van der Waals surface area contributed by atoms with Gasteiger partial charge in [-0.3, -0.25) is 14.5 Å². The van der Waals surface area contributed by atoms with Crippen molar-refractivity contribution in [1.29, 1.82) is 0 Å². The predicted octanol–water partition coefficient (Wildman–Crippen LogP) is 12.9. The Hall–Kier alpha value is -0.240. The van der Waals surface area contributed by atoms with Gasteiger partial charge in [-0.05, 0) is 144 Å². The molecule has 320 valence electrons. The van der Waals surface area contributed by atoms with Gasteiger partial charge in [-0.1, -0.05) is 110 Å². The van der Waals surface area contributed by atoms with Gasteiger partial charge in [0.1, 0.15) is 0 Å². The summed E-state index contributed by atoms with van der Waals surface area (Å²) in [5.74, 6) is 4.34. The molecule has 6 heteroatoms. The van der Waals surface area contributed by atoms with Crippen LogP contribution in [0.15, 0.2) is 0 Å². The van der Waals surface area contributed by atoms with Crippen LogP contribution in [0.1, 0.15) is 197 Å². The monoisotopic (exact) mass is 762 g/mol. The van der Waals surface area contributed by atoms with Crippen LogP contribution in [0.4, 0.5) is 0 Å². The molecule has 54 heavy (non-hydrogen) atoms. The SMILES string of the molecule is CC(C)C1CC(CCC(C2CC(C(C)C)N(OCC(C)(C)C)C(C)(C)C2)C2CC(C(C)C)N(OCC(C)(C)C)C(C)(C)C2)CC(C)(C)N1OCC(C)(C)C. The van der Waals surface area contributed by atoms with Gasteiger partial charge in [0, 0.05) is 34.7 Å². The van der Waals surface area contributed by atoms with Gasteiger partial charge >= 0.3 is 0 Å². The van der Waals surface area contributed by atoms with Crippen LogP contribution in [-0.2, 0) is 14.5 Å². The van der Waals surface area contributed by atoms with Crippen molar-refractivity contribution in [2.75, 3.05) is 19.8 Å². The van der Waals surface area contributed by atoms with Gasteiger partial charge in [-0.15, -0.1) is 0 Å². The van der Waals surface area contributed by atoms with Crippen LogP contribution in [0.3, 0.4) is 0 Å². The van der Waals surface area contributed by atoms with Crippen LogP contribution in [-0.4, -0.2) is 69.8 Å². The molecule has 3 saturated heterocycles. The Balaban J connectivity index is 1.99. The van der Waals surface area contributed by atoms with Gasteiger partial charge in [0.05, 0.1) is 19.8 Å². The Labute approximate surface area is 337 Å². The van der Waals surface area contributed by atoms with Crippen molar-refractivity contribution in [2.45, 2.75) is 232 Å². The van der Waals surface area contributed by atoms with Gasteiger partial charge in [-0.25, -0.2) is 0 Å². The topological polar surface area (TPSA) is 37.4 Å². The van der Waals surface area contributed by atoms with Crippen molar-refractivity contribution < 1.29 is 14.5 Å². The summed E-state index contributed by atoms with van der Waals surface area (Å²) >= 11 is 0. The smallest absolute Gasteiger partial charge is 0.0733 e. The summed E-state index contributed by atoms with van der Waals surface area (Å²) < 4.78 is 0. The minimum atomic E-state index is -0.0225. The Morgan fingerprint density at radius 1 is 0.481 bits per heavy atom. The highest BCUT2D eigenvalue weighted by Crippen LogP contribution is 2.51. The standard InChI is InChI=1S/C48H95N3O3/c1-33(2)40-24-36(27-46(16,17)49(40)52-30-43(7,8)9)22-23-39(37-25-41(34(3)4)50(47(18,19)28-37)53-31-44(10,11)12)38-26-42(35(5)6)51(48(20,21)29-38)54-32-45(13,14)15/h33-42H,22-32H2,1-21H3. The first-order valence-corrected chi connectivity index (χ1v) is 22.6. The lowest BCUT2D eigenvalue weighted by molar-refractivity contribution is -0.290. The lowest BCUT2D eigenvalue weighted by atomic mass is 9.62. The van der Waals surface area contributed by atoms with Gasteiger partial charge in [0.15, 0.2) is 0 Å². The fourth-order valence-corrected chi connectivity index (χ4v) is 10.5. The van der Waals surface area contributed by atoms with Gasteiger partial charge in [0.25, 0.3) is 0 Å². The lowest BCUT2D eigenvalue weighted by Crippen LogP contribution is -2.61. The molecular formula is C48H95N3O3. The summed E-state index contributed by atoms with van der Waals surface area (Å²) in [5, 5.41) is 7.36. The first-order valence-electron chi connectivity index (χ1n) is 22.6. The van der Waals surface area contributed by atoms with Crippen molar-refractivity contribution in [2.24, 2.45) is 57.7 Å². The van der Waals surface area contributed by atoms with E-state index >= 15 is 0 Å². The molecule has 0 aromatic rings. The molecule has 0 saturated carbocycles. The molecule has 3 aliphatic rings. The molecule has 0 aromatic heterocycles. The van der Waals surface area contributed by atoms with Crippen LogP contribution >= 0.6 is 0 Å². The summed E-state index contributed by atoms with van der Waals surface area (Å²) in [7, 11) is 0. The molecular weight excluding hydrogens is 667 g/mol. The zero-order chi connectivity index (χ0) is 41.4. The second-order valence-corrected chi connectivity index (χ2v) is 25.3. The largest absolute Gasteiger partial charge is 0.298 e. The average molecular weight is 762 g/mol. The van der Waals surface area contributed by atoms with E-state index in [9.17, 15) is 0 Å². The molecule has 0 aliphatic carbocycles. The van der Waals surface area contributed by atoms with Crippen LogP contribution < -0.4 is 0 Å². The van der Waals surface area contributed by atoms with Crippen LogP contribution in [0.2, 0.25) is 0 Å². The number of nitrogens with zero attached hydrogens (tertiary/aromatic N) is 3. The van der Waals surface area contributed by atoms with Crippen molar-refractivity contribution in [3.63, 3.8) is 0 Å². The molecule has 3 rings (SSSR count). The number of piperidine rings is 3. The Kier molecular flexibility index (Phi) is 16.0. The molecule has 6 atom stereocenters. The maximum atomic E-state index is 6.82. The molecule has 0 radical (unpaired) electrons. The Morgan fingerprint density at radius 2 is 0.778 bits per heavy atom. The van der Waals surface area contributed by atoms with E-state index in [0.717, 1.165) is 19.8 Å². The molecule has 6 unspecified atom stereocenters. The molecule has 0 bridgehead atoms. The third-order valence-electron chi connectivity index (χ3n) is 13.0. The molecule has 3 heterocycles. The molecule has 6 nitrogen and oxygen atoms in total. The summed E-state index contributed by atoms with van der Waals surface area (Å²) in [5.41, 5.74) is 0.376. The minimum Gasteiger partial charge on any atom is -0.298 e. The quantitative estimate of drug-likeness (QED) is 0.175. The summed E-state index contributed by atoms with van der Waals surface area (Å²) in [6, 6.07) is 1.28. The lowest BCUT2D eigenvalue weighted by Gasteiger charge is -2.57. The molecule has 3 aliphatic heterocycles. The Bertz CT molecular complexity index is 1080.